The summed E-state index contributed by atoms with van der Waals surface area (Å²) >= 11 is 0. The van der Waals surface area contributed by atoms with Crippen molar-refractivity contribution in [3.8, 4) is 0 Å². The highest BCUT2D eigenvalue weighted by Gasteiger charge is 2.19. The van der Waals surface area contributed by atoms with Crippen molar-refractivity contribution in [1.82, 2.24) is 10.6 Å². The minimum absolute atomic E-state index is 0.0352. The Kier molecular flexibility index (Phi) is 9.00. The van der Waals surface area contributed by atoms with Crippen LogP contribution in [0.15, 0.2) is 0 Å². The van der Waals surface area contributed by atoms with E-state index in [0.29, 0.717) is 0 Å². The second-order valence-corrected chi connectivity index (χ2v) is 3.93. The van der Waals surface area contributed by atoms with Gasteiger partial charge in [0.05, 0.1) is 12.2 Å². The second kappa shape index (κ2) is 9.09. The minimum atomic E-state index is -0.0352. The molecule has 4 heteroatoms. The van der Waals surface area contributed by atoms with Crippen molar-refractivity contribution >= 4 is 0 Å². The molecule has 0 bridgehead atoms. The predicted molar refractivity (Wildman–Crippen MR) is 63.3 cm³/mol. The SMILES string of the molecule is CCC(C)(CNCCNCCOC)OC. The zero-order valence-electron chi connectivity index (χ0n) is 10.6. The van der Waals surface area contributed by atoms with Crippen molar-refractivity contribution in [1.29, 1.82) is 0 Å². The smallest absolute Gasteiger partial charge is 0.0771 e. The van der Waals surface area contributed by atoms with Crippen LogP contribution in [-0.4, -0.2) is 52.6 Å². The fraction of sp³-hybridized carbons (Fsp3) is 1.00. The first-order valence-electron chi connectivity index (χ1n) is 5.64. The molecule has 0 aromatic carbocycles. The Morgan fingerprint density at radius 1 is 1.07 bits per heavy atom. The van der Waals surface area contributed by atoms with Gasteiger partial charge in [0.2, 0.25) is 0 Å². The molecule has 0 amide bonds. The van der Waals surface area contributed by atoms with Gasteiger partial charge >= 0.3 is 0 Å². The molecule has 0 fully saturated rings. The van der Waals surface area contributed by atoms with Gasteiger partial charge in [-0.05, 0) is 13.3 Å². The largest absolute Gasteiger partial charge is 0.383 e. The van der Waals surface area contributed by atoms with Gasteiger partial charge in [-0.3, -0.25) is 0 Å². The summed E-state index contributed by atoms with van der Waals surface area (Å²) in [6.07, 6.45) is 1.02. The Bertz CT molecular complexity index is 139. The minimum Gasteiger partial charge on any atom is -0.383 e. The van der Waals surface area contributed by atoms with Crippen LogP contribution in [0.5, 0.6) is 0 Å². The number of hydrogen-bond donors (Lipinski definition) is 2. The quantitative estimate of drug-likeness (QED) is 0.528. The molecule has 0 aliphatic carbocycles. The number of nitrogens with one attached hydrogen (secondary N) is 2. The van der Waals surface area contributed by atoms with Gasteiger partial charge in [0, 0.05) is 40.4 Å². The zero-order valence-corrected chi connectivity index (χ0v) is 10.6. The highest BCUT2D eigenvalue weighted by atomic mass is 16.5. The summed E-state index contributed by atoms with van der Waals surface area (Å²) in [6.45, 7) is 8.76. The van der Waals surface area contributed by atoms with E-state index in [1.54, 1.807) is 14.2 Å². The molecule has 0 heterocycles. The van der Waals surface area contributed by atoms with Crippen LogP contribution < -0.4 is 10.6 Å². The lowest BCUT2D eigenvalue weighted by molar-refractivity contribution is 0.00394. The van der Waals surface area contributed by atoms with Gasteiger partial charge < -0.3 is 20.1 Å². The van der Waals surface area contributed by atoms with Crippen LogP contribution in [0.1, 0.15) is 20.3 Å². The van der Waals surface area contributed by atoms with E-state index >= 15 is 0 Å². The number of rotatable bonds is 10. The Balaban J connectivity index is 3.29. The average molecular weight is 218 g/mol. The van der Waals surface area contributed by atoms with E-state index in [9.17, 15) is 0 Å². The van der Waals surface area contributed by atoms with E-state index in [1.807, 2.05) is 0 Å². The molecule has 0 aliphatic rings. The Morgan fingerprint density at radius 2 is 1.73 bits per heavy atom. The van der Waals surface area contributed by atoms with Crippen LogP contribution in [0.25, 0.3) is 0 Å². The van der Waals surface area contributed by atoms with E-state index in [1.165, 1.54) is 0 Å². The molecule has 0 rings (SSSR count). The maximum atomic E-state index is 5.43. The summed E-state index contributed by atoms with van der Waals surface area (Å²) in [7, 11) is 3.48. The molecule has 15 heavy (non-hydrogen) atoms. The molecule has 4 nitrogen and oxygen atoms in total. The van der Waals surface area contributed by atoms with E-state index in [2.05, 4.69) is 24.5 Å². The molecule has 0 saturated heterocycles. The first-order valence-corrected chi connectivity index (χ1v) is 5.64. The van der Waals surface area contributed by atoms with Gasteiger partial charge in [-0.2, -0.15) is 0 Å². The van der Waals surface area contributed by atoms with Crippen LogP contribution in [-0.2, 0) is 9.47 Å². The highest BCUT2D eigenvalue weighted by Crippen LogP contribution is 2.11. The van der Waals surface area contributed by atoms with Crippen LogP contribution in [0.2, 0.25) is 0 Å². The monoisotopic (exact) mass is 218 g/mol. The van der Waals surface area contributed by atoms with Crippen molar-refractivity contribution < 1.29 is 9.47 Å². The van der Waals surface area contributed by atoms with E-state index in [4.69, 9.17) is 9.47 Å². The molecule has 0 aromatic rings. The predicted octanol–water partition coefficient (Wildman–Crippen LogP) is 0.627. The normalized spacial score (nSPS) is 15.2. The van der Waals surface area contributed by atoms with Gasteiger partial charge in [-0.15, -0.1) is 0 Å². The molecule has 0 saturated carbocycles. The molecule has 1 atom stereocenters. The summed E-state index contributed by atoms with van der Waals surface area (Å²) < 4.78 is 10.4. The lowest BCUT2D eigenvalue weighted by Gasteiger charge is -2.26. The van der Waals surface area contributed by atoms with Gasteiger partial charge in [-0.1, -0.05) is 6.92 Å². The molecule has 0 aromatic heterocycles. The summed E-state index contributed by atoms with van der Waals surface area (Å²) in [6, 6.07) is 0. The molecule has 92 valence electrons. The second-order valence-electron chi connectivity index (χ2n) is 3.93. The van der Waals surface area contributed by atoms with E-state index in [-0.39, 0.29) is 5.60 Å². The molecule has 0 spiro atoms. The van der Waals surface area contributed by atoms with Crippen molar-refractivity contribution in [2.75, 3.05) is 47.0 Å². The zero-order chi connectivity index (χ0) is 11.6. The van der Waals surface area contributed by atoms with Crippen LogP contribution >= 0.6 is 0 Å². The molecule has 0 radical (unpaired) electrons. The maximum absolute atomic E-state index is 5.43. The summed E-state index contributed by atoms with van der Waals surface area (Å²) in [5, 5.41) is 6.66. The molecule has 2 N–H and O–H groups in total. The highest BCUT2D eigenvalue weighted by molar-refractivity contribution is 4.75. The standard InChI is InChI=1S/C11H26N2O2/c1-5-11(2,15-4)10-13-7-6-12-8-9-14-3/h12-13H,5-10H2,1-4H3. The Hall–Kier alpha value is -0.160. The van der Waals surface area contributed by atoms with Gasteiger partial charge in [0.15, 0.2) is 0 Å². The van der Waals surface area contributed by atoms with E-state index in [0.717, 1.165) is 39.2 Å². The van der Waals surface area contributed by atoms with Crippen LogP contribution in [0.3, 0.4) is 0 Å². The lowest BCUT2D eigenvalue weighted by Crippen LogP contribution is -2.41. The maximum Gasteiger partial charge on any atom is 0.0771 e. The third-order valence-corrected chi connectivity index (χ3v) is 2.70. The average Bonchev–Trinajstić information content (AvgIpc) is 2.27. The first kappa shape index (κ1) is 14.8. The fourth-order valence-corrected chi connectivity index (χ4v) is 1.17. The Morgan fingerprint density at radius 3 is 2.27 bits per heavy atom. The van der Waals surface area contributed by atoms with Crippen molar-refractivity contribution in [3.05, 3.63) is 0 Å². The summed E-state index contributed by atoms with van der Waals surface area (Å²) in [5.41, 5.74) is -0.0352. The van der Waals surface area contributed by atoms with Crippen molar-refractivity contribution in [2.45, 2.75) is 25.9 Å². The fourth-order valence-electron chi connectivity index (χ4n) is 1.17. The third kappa shape index (κ3) is 7.73. The summed E-state index contributed by atoms with van der Waals surface area (Å²) in [5.74, 6) is 0. The molecule has 1 unspecified atom stereocenters. The van der Waals surface area contributed by atoms with Crippen LogP contribution in [0.4, 0.5) is 0 Å². The van der Waals surface area contributed by atoms with Crippen molar-refractivity contribution in [2.24, 2.45) is 0 Å². The topological polar surface area (TPSA) is 42.5 Å². The summed E-state index contributed by atoms with van der Waals surface area (Å²) in [4.78, 5) is 0. The molecular weight excluding hydrogens is 192 g/mol. The van der Waals surface area contributed by atoms with Crippen LogP contribution in [0, 0.1) is 0 Å². The molecular formula is C11H26N2O2. The van der Waals surface area contributed by atoms with Gasteiger partial charge in [0.1, 0.15) is 0 Å². The Labute approximate surface area is 93.7 Å². The number of ether oxygens (including phenoxy) is 2. The van der Waals surface area contributed by atoms with Crippen molar-refractivity contribution in [3.63, 3.8) is 0 Å². The van der Waals surface area contributed by atoms with Gasteiger partial charge in [-0.25, -0.2) is 0 Å². The lowest BCUT2D eigenvalue weighted by atomic mass is 10.0. The first-order chi connectivity index (χ1) is 7.18. The molecule has 0 aliphatic heterocycles. The van der Waals surface area contributed by atoms with E-state index < -0.39 is 0 Å². The van der Waals surface area contributed by atoms with Gasteiger partial charge in [0.25, 0.3) is 0 Å². The number of methoxy groups -OCH3 is 2. The third-order valence-electron chi connectivity index (χ3n) is 2.70. The number of hydrogen-bond acceptors (Lipinski definition) is 4.